The molecule has 4 rings (SSSR count). The number of phenols is 2. The topological polar surface area (TPSA) is 296 Å². The fourth-order valence-corrected chi connectivity index (χ4v) is 7.06. The highest BCUT2D eigenvalue weighted by Gasteiger charge is 2.58. The number of esters is 7. The molecule has 2 saturated heterocycles. The summed E-state index contributed by atoms with van der Waals surface area (Å²) >= 11 is 0. The molecule has 2 heterocycles. The van der Waals surface area contributed by atoms with Gasteiger partial charge in [-0.3, -0.25) is 43.2 Å². The number of allylic oxidation sites excluding steroid dienone is 2. The van der Waals surface area contributed by atoms with Crippen LogP contribution in [0.4, 0.5) is 0 Å². The number of Topliss-reactive ketones (excluding diaryl/α,β-unsaturated/α-hetero) is 1. The van der Waals surface area contributed by atoms with Gasteiger partial charge in [0.25, 0.3) is 0 Å². The first kappa shape index (κ1) is 50.4. The molecule has 0 aromatic heterocycles. The Morgan fingerprint density at radius 1 is 0.578 bits per heavy atom. The van der Waals surface area contributed by atoms with Gasteiger partial charge >= 0.3 is 41.8 Å². The zero-order valence-electron chi connectivity index (χ0n) is 36.3. The minimum Gasteiger partial charge on any atom is -0.507 e. The lowest BCUT2D eigenvalue weighted by molar-refractivity contribution is -0.363. The highest BCUT2D eigenvalue weighted by Crippen LogP contribution is 2.39. The first-order valence-corrected chi connectivity index (χ1v) is 19.7. The predicted molar refractivity (Wildman–Crippen MR) is 209 cm³/mol. The summed E-state index contributed by atoms with van der Waals surface area (Å²) in [7, 11) is 0. The molecule has 64 heavy (non-hydrogen) atoms. The Balaban J connectivity index is 1.89. The van der Waals surface area contributed by atoms with E-state index in [-0.39, 0.29) is 12.0 Å². The number of fused-ring (bicyclic) bond motifs is 1. The van der Waals surface area contributed by atoms with Crippen LogP contribution in [0.5, 0.6) is 11.5 Å². The SMILES string of the molecule is CC(=O)OC[C@H]1O[C@@H](O[C@H]2[C@H](OC(C)=O)[C@@H](OC(C)=O)[C@H](O[C@H](CC=C(C)C)C3=CC(=O)c4c(O)ccc(O)c4C3=O)O[C@@H]2COC(C)=O)[C@H](OC(C)=O)[C@@H](OC(C)=O)[C@@H]1OC(C)=O. The summed E-state index contributed by atoms with van der Waals surface area (Å²) in [5.74, 6) is -9.51. The van der Waals surface area contributed by atoms with Crippen molar-refractivity contribution in [2.45, 2.75) is 136 Å². The number of carbonyl (C=O) groups excluding carboxylic acids is 9. The van der Waals surface area contributed by atoms with Crippen LogP contribution in [0, 0.1) is 0 Å². The van der Waals surface area contributed by atoms with Gasteiger partial charge in [-0.1, -0.05) is 11.6 Å². The fraction of sp³-hybridized carbons (Fsp3) is 0.548. The molecular formula is C42H50O22. The van der Waals surface area contributed by atoms with Crippen LogP contribution in [0.3, 0.4) is 0 Å². The van der Waals surface area contributed by atoms with Crippen molar-refractivity contribution in [3.8, 4) is 11.5 Å². The highest BCUT2D eigenvalue weighted by molar-refractivity contribution is 6.27. The van der Waals surface area contributed by atoms with Crippen LogP contribution < -0.4 is 0 Å². The Morgan fingerprint density at radius 2 is 1.00 bits per heavy atom. The monoisotopic (exact) mass is 906 g/mol. The van der Waals surface area contributed by atoms with E-state index in [0.29, 0.717) is 0 Å². The Morgan fingerprint density at radius 3 is 1.48 bits per heavy atom. The van der Waals surface area contributed by atoms with Gasteiger partial charge in [0.05, 0.1) is 17.2 Å². The second-order valence-corrected chi connectivity index (χ2v) is 15.0. The third-order valence-corrected chi connectivity index (χ3v) is 9.45. The lowest BCUT2D eigenvalue weighted by atomic mass is 9.85. The van der Waals surface area contributed by atoms with Crippen LogP contribution in [0.1, 0.15) is 89.5 Å². The number of hydrogen-bond donors (Lipinski definition) is 2. The number of benzene rings is 1. The quantitative estimate of drug-likeness (QED) is 0.103. The smallest absolute Gasteiger partial charge is 0.303 e. The van der Waals surface area contributed by atoms with E-state index in [1.807, 2.05) is 0 Å². The van der Waals surface area contributed by atoms with Gasteiger partial charge in [0.1, 0.15) is 43.0 Å². The maximum Gasteiger partial charge on any atom is 0.303 e. The second-order valence-electron chi connectivity index (χ2n) is 15.0. The first-order chi connectivity index (χ1) is 30.0. The molecule has 350 valence electrons. The van der Waals surface area contributed by atoms with E-state index in [4.69, 9.17) is 52.1 Å². The number of ether oxygens (including phenoxy) is 11. The molecule has 3 aliphatic rings. The van der Waals surface area contributed by atoms with Crippen molar-refractivity contribution in [3.63, 3.8) is 0 Å². The van der Waals surface area contributed by atoms with Crippen molar-refractivity contribution < 1.29 is 105 Å². The predicted octanol–water partition coefficient (Wildman–Crippen LogP) is 1.76. The summed E-state index contributed by atoms with van der Waals surface area (Å²) in [6.45, 7) is 9.14. The minimum absolute atomic E-state index is 0.160. The third-order valence-electron chi connectivity index (χ3n) is 9.45. The molecule has 0 unspecified atom stereocenters. The van der Waals surface area contributed by atoms with E-state index in [9.17, 15) is 53.4 Å². The van der Waals surface area contributed by atoms with Crippen LogP contribution in [-0.4, -0.2) is 144 Å². The maximum atomic E-state index is 14.0. The zero-order chi connectivity index (χ0) is 47.7. The zero-order valence-corrected chi connectivity index (χ0v) is 36.3. The molecule has 0 amide bonds. The van der Waals surface area contributed by atoms with Crippen LogP contribution in [-0.2, 0) is 85.7 Å². The minimum atomic E-state index is -1.94. The van der Waals surface area contributed by atoms with Crippen molar-refractivity contribution >= 4 is 53.4 Å². The number of rotatable bonds is 16. The summed E-state index contributed by atoms with van der Waals surface area (Å²) in [6.07, 6.45) is -16.7. The van der Waals surface area contributed by atoms with Gasteiger partial charge in [0.15, 0.2) is 54.7 Å². The largest absolute Gasteiger partial charge is 0.507 e. The summed E-state index contributed by atoms with van der Waals surface area (Å²) in [5, 5.41) is 21.1. The highest BCUT2D eigenvalue weighted by atomic mass is 16.8. The summed E-state index contributed by atoms with van der Waals surface area (Å²) in [4.78, 5) is 115. The van der Waals surface area contributed by atoms with Gasteiger partial charge in [-0.05, 0) is 38.5 Å². The molecule has 2 fully saturated rings. The van der Waals surface area contributed by atoms with Crippen molar-refractivity contribution in [2.24, 2.45) is 0 Å². The summed E-state index contributed by atoms with van der Waals surface area (Å²) in [6, 6.07) is 2.05. The molecule has 1 aromatic rings. The molecule has 1 aliphatic carbocycles. The molecule has 0 saturated carbocycles. The Kier molecular flexibility index (Phi) is 17.3. The van der Waals surface area contributed by atoms with Crippen molar-refractivity contribution in [2.75, 3.05) is 13.2 Å². The first-order valence-electron chi connectivity index (χ1n) is 19.7. The third kappa shape index (κ3) is 12.9. The molecular weight excluding hydrogens is 856 g/mol. The number of carbonyl (C=O) groups is 9. The van der Waals surface area contributed by atoms with Gasteiger partial charge in [-0.2, -0.15) is 0 Å². The maximum absolute atomic E-state index is 14.0. The van der Waals surface area contributed by atoms with Crippen LogP contribution in [0.15, 0.2) is 35.4 Å². The molecule has 0 radical (unpaired) electrons. The van der Waals surface area contributed by atoms with Gasteiger partial charge < -0.3 is 62.3 Å². The lowest BCUT2D eigenvalue weighted by Gasteiger charge is -2.49. The van der Waals surface area contributed by atoms with Crippen molar-refractivity contribution in [3.05, 3.63) is 46.6 Å². The molecule has 0 spiro atoms. The molecule has 22 heteroatoms. The van der Waals surface area contributed by atoms with Crippen molar-refractivity contribution in [1.82, 2.24) is 0 Å². The Hall–Kier alpha value is -6.23. The molecule has 11 atom stereocenters. The van der Waals surface area contributed by atoms with Crippen LogP contribution in [0.25, 0.3) is 0 Å². The Labute approximate surface area is 365 Å². The molecule has 2 N–H and O–H groups in total. The standard InChI is InChI=1S/C42H50O22/c1-17(2)10-13-29(25-14-28(52)32-26(50)11-12-27(51)33(32)34(25)53)61-41-39(59-23(8)48)38(58-22(7)47)36(31(62-41)16-55-19(4)44)64-42-40(60-24(9)49)37(57-21(6)46)35(56-20(5)45)30(63-42)15-54-18(3)43/h10-12,14,29-31,35-42,50-51H,13,15-16H2,1-9H3/t29-,30-,31-,35-,36-,37+,38+,39-,40-,41-,42+/m1/s1. The number of ketones is 2. The summed E-state index contributed by atoms with van der Waals surface area (Å²) in [5.41, 5.74) is -0.592. The van der Waals surface area contributed by atoms with E-state index in [0.717, 1.165) is 72.2 Å². The molecule has 2 aliphatic heterocycles. The van der Waals surface area contributed by atoms with Gasteiger partial charge in [-0.25, -0.2) is 0 Å². The number of aromatic hydroxyl groups is 2. The van der Waals surface area contributed by atoms with Gasteiger partial charge in [0.2, 0.25) is 0 Å². The molecule has 22 nitrogen and oxygen atoms in total. The van der Waals surface area contributed by atoms with E-state index in [1.165, 1.54) is 0 Å². The average Bonchev–Trinajstić information content (AvgIpc) is 3.17. The fourth-order valence-electron chi connectivity index (χ4n) is 7.06. The van der Waals surface area contributed by atoms with Gasteiger partial charge in [-0.15, -0.1) is 0 Å². The lowest BCUT2D eigenvalue weighted by Crippen LogP contribution is -2.67. The van der Waals surface area contributed by atoms with Gasteiger partial charge in [0, 0.05) is 54.0 Å². The Bertz CT molecular complexity index is 2070. The molecule has 0 bridgehead atoms. The van der Waals surface area contributed by atoms with E-state index < -0.39 is 157 Å². The van der Waals surface area contributed by atoms with E-state index in [2.05, 4.69) is 0 Å². The molecule has 1 aromatic carbocycles. The second kappa shape index (κ2) is 21.9. The number of phenolic OH excluding ortho intramolecular Hbond substituents is 2. The summed E-state index contributed by atoms with van der Waals surface area (Å²) < 4.78 is 63.4. The normalized spacial score (nSPS) is 26.7. The average molecular weight is 907 g/mol. The van der Waals surface area contributed by atoms with Crippen LogP contribution in [0.2, 0.25) is 0 Å². The number of hydrogen-bond acceptors (Lipinski definition) is 22. The van der Waals surface area contributed by atoms with E-state index in [1.54, 1.807) is 19.9 Å². The van der Waals surface area contributed by atoms with Crippen LogP contribution >= 0.6 is 0 Å². The van der Waals surface area contributed by atoms with E-state index >= 15 is 0 Å². The van der Waals surface area contributed by atoms with Crippen molar-refractivity contribution in [1.29, 1.82) is 0 Å².